The van der Waals surface area contributed by atoms with Crippen molar-refractivity contribution in [2.75, 3.05) is 13.1 Å². The minimum Gasteiger partial charge on any atom is -0.391 e. The van der Waals surface area contributed by atoms with E-state index in [9.17, 15) is 33.8 Å². The van der Waals surface area contributed by atoms with Crippen LogP contribution in [0.25, 0.3) is 0 Å². The fraction of sp³-hybridized carbons (Fsp3) is 0.655. The smallest absolute Gasteiger partial charge is 0.247 e. The van der Waals surface area contributed by atoms with Crippen molar-refractivity contribution >= 4 is 23.6 Å². The Hall–Kier alpha value is -3.09. The van der Waals surface area contributed by atoms with E-state index >= 15 is 0 Å². The minimum absolute atomic E-state index is 0.0516. The SMILES string of the molecule is CCCCC[C@@H](O)[C@H](N)C(=O)N1CCC[C@H]1C(=O)N1CCC[C@@]1(Cc1cccc(F)c1)C(=O)N[C@H](C(N)=O)[C@@H](C)O. The van der Waals surface area contributed by atoms with Crippen LogP contribution in [0.5, 0.6) is 0 Å². The third kappa shape index (κ3) is 7.41. The van der Waals surface area contributed by atoms with Crippen molar-refractivity contribution in [2.24, 2.45) is 11.5 Å². The number of nitrogens with zero attached hydrogens (tertiary/aromatic N) is 2. The number of likely N-dealkylation sites (tertiary alicyclic amines) is 2. The van der Waals surface area contributed by atoms with Gasteiger partial charge in [-0.25, -0.2) is 4.39 Å². The van der Waals surface area contributed by atoms with Crippen molar-refractivity contribution in [1.29, 1.82) is 0 Å². The van der Waals surface area contributed by atoms with E-state index in [1.54, 1.807) is 6.07 Å². The van der Waals surface area contributed by atoms with Gasteiger partial charge in [-0.15, -0.1) is 0 Å². The number of hydrogen-bond donors (Lipinski definition) is 5. The first kappa shape index (κ1) is 32.4. The number of unbranched alkanes of at least 4 members (excludes halogenated alkanes) is 2. The lowest BCUT2D eigenvalue weighted by molar-refractivity contribution is -0.153. The first-order valence-corrected chi connectivity index (χ1v) is 14.5. The molecule has 0 unspecified atom stereocenters. The monoisotopic (exact) mass is 577 g/mol. The molecule has 7 N–H and O–H groups in total. The van der Waals surface area contributed by atoms with E-state index in [1.165, 1.54) is 34.9 Å². The number of aliphatic hydroxyl groups is 2. The van der Waals surface area contributed by atoms with Gasteiger partial charge in [0.2, 0.25) is 23.6 Å². The number of primary amides is 1. The second-order valence-corrected chi connectivity index (χ2v) is 11.3. The molecular formula is C29H44FN5O6. The van der Waals surface area contributed by atoms with Gasteiger partial charge in [0, 0.05) is 19.5 Å². The number of nitrogens with two attached hydrogens (primary N) is 2. The number of carbonyl (C=O) groups is 4. The molecular weight excluding hydrogens is 533 g/mol. The fourth-order valence-electron chi connectivity index (χ4n) is 6.00. The zero-order valence-corrected chi connectivity index (χ0v) is 23.9. The van der Waals surface area contributed by atoms with E-state index in [-0.39, 0.29) is 25.9 Å². The average Bonchev–Trinajstić information content (AvgIpc) is 3.58. The largest absolute Gasteiger partial charge is 0.391 e. The molecule has 2 aliphatic rings. The van der Waals surface area contributed by atoms with Crippen LogP contribution in [0.4, 0.5) is 4.39 Å². The molecule has 0 aromatic heterocycles. The molecule has 0 radical (unpaired) electrons. The first-order chi connectivity index (χ1) is 19.4. The molecule has 2 fully saturated rings. The number of hydrogen-bond acceptors (Lipinski definition) is 7. The van der Waals surface area contributed by atoms with Gasteiger partial charge in [-0.05, 0) is 56.7 Å². The lowest BCUT2D eigenvalue weighted by Crippen LogP contribution is -2.65. The molecule has 3 rings (SSSR count). The molecule has 2 aliphatic heterocycles. The summed E-state index contributed by atoms with van der Waals surface area (Å²) in [4.78, 5) is 56.1. The van der Waals surface area contributed by atoms with Crippen molar-refractivity contribution in [2.45, 2.75) is 108 Å². The molecule has 41 heavy (non-hydrogen) atoms. The number of halogens is 1. The fourth-order valence-corrected chi connectivity index (χ4v) is 6.00. The maximum atomic E-state index is 14.1. The average molecular weight is 578 g/mol. The Balaban J connectivity index is 1.91. The maximum Gasteiger partial charge on any atom is 0.247 e. The van der Waals surface area contributed by atoms with Crippen LogP contribution in [0.1, 0.15) is 70.8 Å². The molecule has 228 valence electrons. The van der Waals surface area contributed by atoms with Crippen LogP contribution in [0.15, 0.2) is 24.3 Å². The van der Waals surface area contributed by atoms with E-state index in [1.807, 2.05) is 6.92 Å². The highest BCUT2D eigenvalue weighted by Crippen LogP contribution is 2.36. The Morgan fingerprint density at radius 1 is 1.17 bits per heavy atom. The summed E-state index contributed by atoms with van der Waals surface area (Å²) in [5, 5.41) is 23.1. The Kier molecular flexibility index (Phi) is 11.2. The van der Waals surface area contributed by atoms with Gasteiger partial charge in [0.25, 0.3) is 0 Å². The molecule has 6 atom stereocenters. The normalized spacial score (nSPS) is 23.6. The minimum atomic E-state index is -1.52. The topological polar surface area (TPSA) is 179 Å². The first-order valence-electron chi connectivity index (χ1n) is 14.5. The van der Waals surface area contributed by atoms with Gasteiger partial charge in [0.15, 0.2) is 0 Å². The van der Waals surface area contributed by atoms with Crippen LogP contribution in [0, 0.1) is 5.82 Å². The van der Waals surface area contributed by atoms with Crippen LogP contribution in [-0.4, -0.2) is 92.6 Å². The molecule has 1 aromatic carbocycles. The molecule has 2 saturated heterocycles. The predicted molar refractivity (Wildman–Crippen MR) is 149 cm³/mol. The molecule has 0 saturated carbocycles. The van der Waals surface area contributed by atoms with Crippen molar-refractivity contribution < 1.29 is 33.8 Å². The zero-order valence-electron chi connectivity index (χ0n) is 23.9. The highest BCUT2D eigenvalue weighted by Gasteiger charge is 2.53. The van der Waals surface area contributed by atoms with E-state index in [4.69, 9.17) is 11.5 Å². The maximum absolute atomic E-state index is 14.1. The lowest BCUT2D eigenvalue weighted by atomic mass is 9.86. The highest BCUT2D eigenvalue weighted by atomic mass is 19.1. The van der Waals surface area contributed by atoms with Gasteiger partial charge in [-0.2, -0.15) is 0 Å². The van der Waals surface area contributed by atoms with Gasteiger partial charge in [-0.1, -0.05) is 38.3 Å². The number of carbonyl (C=O) groups excluding carboxylic acids is 4. The van der Waals surface area contributed by atoms with E-state index in [2.05, 4.69) is 5.32 Å². The van der Waals surface area contributed by atoms with Gasteiger partial charge in [-0.3, -0.25) is 19.2 Å². The van der Waals surface area contributed by atoms with Gasteiger partial charge < -0.3 is 36.8 Å². The molecule has 4 amide bonds. The molecule has 0 bridgehead atoms. The van der Waals surface area contributed by atoms with Gasteiger partial charge in [0.1, 0.15) is 29.5 Å². The van der Waals surface area contributed by atoms with Crippen LogP contribution in [-0.2, 0) is 25.6 Å². The molecule has 12 heteroatoms. The molecule has 11 nitrogen and oxygen atoms in total. The predicted octanol–water partition coefficient (Wildman–Crippen LogP) is 0.340. The Bertz CT molecular complexity index is 1100. The Morgan fingerprint density at radius 2 is 1.90 bits per heavy atom. The summed E-state index contributed by atoms with van der Waals surface area (Å²) in [6.07, 6.45) is 2.13. The van der Waals surface area contributed by atoms with E-state index in [0.29, 0.717) is 31.2 Å². The third-order valence-corrected chi connectivity index (χ3v) is 8.26. The third-order valence-electron chi connectivity index (χ3n) is 8.26. The summed E-state index contributed by atoms with van der Waals surface area (Å²) < 4.78 is 14.1. The summed E-state index contributed by atoms with van der Waals surface area (Å²) in [5.41, 5.74) is 10.5. The summed E-state index contributed by atoms with van der Waals surface area (Å²) >= 11 is 0. The summed E-state index contributed by atoms with van der Waals surface area (Å²) in [6.45, 7) is 3.83. The van der Waals surface area contributed by atoms with Crippen LogP contribution >= 0.6 is 0 Å². The number of benzene rings is 1. The van der Waals surface area contributed by atoms with E-state index < -0.39 is 65.3 Å². The van der Waals surface area contributed by atoms with Crippen molar-refractivity contribution in [3.05, 3.63) is 35.6 Å². The number of aliphatic hydroxyl groups excluding tert-OH is 2. The molecule has 2 heterocycles. The second kappa shape index (κ2) is 14.2. The number of nitrogens with one attached hydrogen (secondary N) is 1. The standard InChI is InChI=1S/C29H44FN5O6/c1-3-4-5-12-22(37)23(31)27(40)34-14-7-11-21(34)26(39)35-15-8-13-29(35,17-19-9-6-10-20(30)16-19)28(41)33-24(18(2)36)25(32)38/h6,9-10,16,18,21-24,36-37H,3-5,7-8,11-15,17,31H2,1-2H3,(H2,32,38)(H,33,41)/t18-,21+,22-,23+,24+,29-/m1/s1. The zero-order chi connectivity index (χ0) is 30.3. The Morgan fingerprint density at radius 3 is 2.54 bits per heavy atom. The molecule has 0 spiro atoms. The van der Waals surface area contributed by atoms with Crippen molar-refractivity contribution in [1.82, 2.24) is 15.1 Å². The summed E-state index contributed by atoms with van der Waals surface area (Å²) in [6, 6.07) is 2.22. The summed E-state index contributed by atoms with van der Waals surface area (Å²) in [5.74, 6) is -3.13. The quantitative estimate of drug-likeness (QED) is 0.210. The van der Waals surface area contributed by atoms with Gasteiger partial charge >= 0.3 is 0 Å². The lowest BCUT2D eigenvalue weighted by Gasteiger charge is -2.41. The Labute approximate surface area is 240 Å². The van der Waals surface area contributed by atoms with E-state index in [0.717, 1.165) is 19.3 Å². The van der Waals surface area contributed by atoms with Gasteiger partial charge in [0.05, 0.1) is 12.2 Å². The molecule has 0 aliphatic carbocycles. The van der Waals surface area contributed by atoms with Crippen molar-refractivity contribution in [3.8, 4) is 0 Å². The van der Waals surface area contributed by atoms with Crippen molar-refractivity contribution in [3.63, 3.8) is 0 Å². The number of amides is 4. The number of rotatable bonds is 13. The molecule has 1 aromatic rings. The highest BCUT2D eigenvalue weighted by molar-refractivity contribution is 5.98. The van der Waals surface area contributed by atoms with Crippen LogP contribution < -0.4 is 16.8 Å². The van der Waals surface area contributed by atoms with Crippen LogP contribution in [0.3, 0.4) is 0 Å². The second-order valence-electron chi connectivity index (χ2n) is 11.3. The summed E-state index contributed by atoms with van der Waals surface area (Å²) in [7, 11) is 0. The van der Waals surface area contributed by atoms with Crippen LogP contribution in [0.2, 0.25) is 0 Å².